The molecule has 0 aromatic heterocycles. The molecule has 5 nitrogen and oxygen atoms in total. The Morgan fingerprint density at radius 2 is 2.15 bits per heavy atom. The molecule has 1 aliphatic heterocycles. The summed E-state index contributed by atoms with van der Waals surface area (Å²) in [7, 11) is 1.62. The Balaban J connectivity index is 1.85. The number of rotatable bonds is 4. The summed E-state index contributed by atoms with van der Waals surface area (Å²) in [6.07, 6.45) is 0.810. The summed E-state index contributed by atoms with van der Waals surface area (Å²) in [5.41, 5.74) is 0. The maximum absolute atomic E-state index is 12.1. The topological polar surface area (TPSA) is 58.6 Å². The van der Waals surface area contributed by atoms with Gasteiger partial charge >= 0.3 is 0 Å². The van der Waals surface area contributed by atoms with Gasteiger partial charge in [-0.05, 0) is 30.7 Å². The van der Waals surface area contributed by atoms with E-state index in [1.807, 2.05) is 24.3 Å². The Bertz CT molecular complexity index is 476. The number of ether oxygens (including phenoxy) is 1. The highest BCUT2D eigenvalue weighted by Gasteiger charge is 2.19. The van der Waals surface area contributed by atoms with Gasteiger partial charge in [-0.15, -0.1) is 11.8 Å². The third-order valence-electron chi connectivity index (χ3n) is 3.04. The van der Waals surface area contributed by atoms with E-state index in [0.717, 1.165) is 17.1 Å². The normalized spacial score (nSPS) is 15.4. The highest BCUT2D eigenvalue weighted by molar-refractivity contribution is 8.00. The number of amides is 2. The van der Waals surface area contributed by atoms with Gasteiger partial charge < -0.3 is 15.0 Å². The Labute approximate surface area is 122 Å². The molecule has 0 aliphatic carbocycles. The van der Waals surface area contributed by atoms with Crippen LogP contribution in [0.1, 0.15) is 6.42 Å². The summed E-state index contributed by atoms with van der Waals surface area (Å²) in [4.78, 5) is 26.1. The van der Waals surface area contributed by atoms with E-state index in [9.17, 15) is 9.59 Å². The van der Waals surface area contributed by atoms with Gasteiger partial charge in [-0.25, -0.2) is 0 Å². The number of thioether (sulfide) groups is 1. The van der Waals surface area contributed by atoms with Gasteiger partial charge in [0.1, 0.15) is 5.75 Å². The predicted octanol–water partition coefficient (Wildman–Crippen LogP) is 1.14. The zero-order chi connectivity index (χ0) is 14.4. The lowest BCUT2D eigenvalue weighted by Gasteiger charge is -2.18. The molecule has 0 unspecified atom stereocenters. The molecule has 1 aliphatic rings. The highest BCUT2D eigenvalue weighted by atomic mass is 32.2. The SMILES string of the molecule is COc1ccc(SCC(=O)N2CCCNC(=O)C2)cc1. The van der Waals surface area contributed by atoms with Crippen molar-refractivity contribution in [1.82, 2.24) is 10.2 Å². The first-order valence-electron chi connectivity index (χ1n) is 6.50. The minimum absolute atomic E-state index is 0.00266. The summed E-state index contributed by atoms with van der Waals surface area (Å²) in [5.74, 6) is 1.07. The molecule has 1 fully saturated rings. The van der Waals surface area contributed by atoms with E-state index in [1.54, 1.807) is 12.0 Å². The van der Waals surface area contributed by atoms with Gasteiger partial charge in [0.25, 0.3) is 0 Å². The zero-order valence-corrected chi connectivity index (χ0v) is 12.2. The maximum atomic E-state index is 12.1. The van der Waals surface area contributed by atoms with Crippen molar-refractivity contribution in [2.45, 2.75) is 11.3 Å². The van der Waals surface area contributed by atoms with Crippen LogP contribution in [-0.4, -0.2) is 49.2 Å². The molecule has 0 radical (unpaired) electrons. The van der Waals surface area contributed by atoms with Crippen molar-refractivity contribution in [2.24, 2.45) is 0 Å². The summed E-state index contributed by atoms with van der Waals surface area (Å²) in [5, 5.41) is 2.76. The lowest BCUT2D eigenvalue weighted by molar-refractivity contribution is -0.133. The lowest BCUT2D eigenvalue weighted by atomic mass is 10.3. The highest BCUT2D eigenvalue weighted by Crippen LogP contribution is 2.21. The number of benzene rings is 1. The van der Waals surface area contributed by atoms with Gasteiger partial charge in [-0.1, -0.05) is 0 Å². The molecule has 0 bridgehead atoms. The summed E-state index contributed by atoms with van der Waals surface area (Å²) < 4.78 is 5.09. The molecule has 0 spiro atoms. The fraction of sp³-hybridized carbons (Fsp3) is 0.429. The average Bonchev–Trinajstić information content (AvgIpc) is 2.70. The lowest BCUT2D eigenvalue weighted by Crippen LogP contribution is -2.38. The van der Waals surface area contributed by atoms with E-state index >= 15 is 0 Å². The van der Waals surface area contributed by atoms with E-state index < -0.39 is 0 Å². The number of nitrogens with one attached hydrogen (secondary N) is 1. The van der Waals surface area contributed by atoms with Crippen LogP contribution >= 0.6 is 11.8 Å². The van der Waals surface area contributed by atoms with E-state index in [0.29, 0.717) is 18.8 Å². The first-order chi connectivity index (χ1) is 9.69. The third-order valence-corrected chi connectivity index (χ3v) is 4.03. The molecule has 1 heterocycles. The van der Waals surface area contributed by atoms with Crippen LogP contribution in [0.2, 0.25) is 0 Å². The Kier molecular flexibility index (Phi) is 5.29. The number of carbonyl (C=O) groups is 2. The van der Waals surface area contributed by atoms with Gasteiger partial charge in [-0.2, -0.15) is 0 Å². The number of methoxy groups -OCH3 is 1. The standard InChI is InChI=1S/C14H18N2O3S/c1-19-11-3-5-12(6-4-11)20-10-14(18)16-8-2-7-15-13(17)9-16/h3-6H,2,7-10H2,1H3,(H,15,17). The largest absolute Gasteiger partial charge is 0.497 e. The van der Waals surface area contributed by atoms with E-state index in [2.05, 4.69) is 5.32 Å². The van der Waals surface area contributed by atoms with Crippen molar-refractivity contribution in [1.29, 1.82) is 0 Å². The second-order valence-electron chi connectivity index (χ2n) is 4.48. The van der Waals surface area contributed by atoms with Gasteiger partial charge in [-0.3, -0.25) is 9.59 Å². The van der Waals surface area contributed by atoms with Crippen molar-refractivity contribution in [3.8, 4) is 5.75 Å². The van der Waals surface area contributed by atoms with Crippen molar-refractivity contribution in [3.63, 3.8) is 0 Å². The van der Waals surface area contributed by atoms with Crippen LogP contribution in [0.5, 0.6) is 5.75 Å². The Morgan fingerprint density at radius 1 is 1.40 bits per heavy atom. The van der Waals surface area contributed by atoms with Crippen LogP contribution in [0, 0.1) is 0 Å². The first-order valence-corrected chi connectivity index (χ1v) is 7.49. The Hall–Kier alpha value is -1.69. The molecule has 1 N–H and O–H groups in total. The summed E-state index contributed by atoms with van der Waals surface area (Å²) >= 11 is 1.47. The van der Waals surface area contributed by atoms with E-state index in [-0.39, 0.29) is 18.4 Å². The quantitative estimate of drug-likeness (QED) is 0.846. The second-order valence-corrected chi connectivity index (χ2v) is 5.53. The van der Waals surface area contributed by atoms with Crippen molar-refractivity contribution in [3.05, 3.63) is 24.3 Å². The second kappa shape index (κ2) is 7.19. The maximum Gasteiger partial charge on any atom is 0.239 e. The fourth-order valence-electron chi connectivity index (χ4n) is 1.93. The van der Waals surface area contributed by atoms with Crippen molar-refractivity contribution in [2.75, 3.05) is 32.5 Å². The minimum atomic E-state index is -0.0784. The van der Waals surface area contributed by atoms with Gasteiger partial charge in [0.2, 0.25) is 11.8 Å². The molecule has 1 aromatic rings. The molecular formula is C14H18N2O3S. The molecule has 1 aromatic carbocycles. The summed E-state index contributed by atoms with van der Waals surface area (Å²) in [6.45, 7) is 1.46. The first kappa shape index (κ1) is 14.7. The average molecular weight is 294 g/mol. The number of nitrogens with zero attached hydrogens (tertiary/aromatic N) is 1. The van der Waals surface area contributed by atoms with Crippen LogP contribution in [0.4, 0.5) is 0 Å². The zero-order valence-electron chi connectivity index (χ0n) is 11.4. The van der Waals surface area contributed by atoms with E-state index in [1.165, 1.54) is 11.8 Å². The number of hydrogen-bond donors (Lipinski definition) is 1. The fourth-order valence-corrected chi connectivity index (χ4v) is 2.73. The summed E-state index contributed by atoms with van der Waals surface area (Å²) in [6, 6.07) is 7.58. The minimum Gasteiger partial charge on any atom is -0.497 e. The van der Waals surface area contributed by atoms with Crippen LogP contribution < -0.4 is 10.1 Å². The molecule has 2 amide bonds. The van der Waals surface area contributed by atoms with Gasteiger partial charge in [0.05, 0.1) is 19.4 Å². The number of hydrogen-bond acceptors (Lipinski definition) is 4. The molecule has 0 atom stereocenters. The van der Waals surface area contributed by atoms with Gasteiger partial charge in [0, 0.05) is 18.0 Å². The molecule has 2 rings (SSSR count). The van der Waals surface area contributed by atoms with Crippen LogP contribution in [0.3, 0.4) is 0 Å². The smallest absolute Gasteiger partial charge is 0.239 e. The molecule has 108 valence electrons. The molecule has 1 saturated heterocycles. The van der Waals surface area contributed by atoms with Crippen LogP contribution in [0.25, 0.3) is 0 Å². The molecular weight excluding hydrogens is 276 g/mol. The van der Waals surface area contributed by atoms with Crippen molar-refractivity contribution < 1.29 is 14.3 Å². The third kappa shape index (κ3) is 4.16. The van der Waals surface area contributed by atoms with Crippen LogP contribution in [0.15, 0.2) is 29.2 Å². The van der Waals surface area contributed by atoms with Crippen molar-refractivity contribution >= 4 is 23.6 Å². The monoisotopic (exact) mass is 294 g/mol. The molecule has 0 saturated carbocycles. The molecule has 20 heavy (non-hydrogen) atoms. The van der Waals surface area contributed by atoms with Gasteiger partial charge in [0.15, 0.2) is 0 Å². The molecule has 6 heteroatoms. The number of carbonyl (C=O) groups excluding carboxylic acids is 2. The van der Waals surface area contributed by atoms with E-state index in [4.69, 9.17) is 4.74 Å². The van der Waals surface area contributed by atoms with Crippen LogP contribution in [-0.2, 0) is 9.59 Å². The predicted molar refractivity (Wildman–Crippen MR) is 77.9 cm³/mol. The Morgan fingerprint density at radius 3 is 2.85 bits per heavy atom.